The first kappa shape index (κ1) is 22.8. The molecule has 0 fully saturated rings. The van der Waals surface area contributed by atoms with E-state index in [-0.39, 0.29) is 5.75 Å². The van der Waals surface area contributed by atoms with Crippen molar-refractivity contribution in [2.45, 2.75) is 70.5 Å². The standard InChI is InChI=1S/C19H34N2O5/c1-2-3-4-5-6-7-8-14-9-10-15(24)11-16(14)19(20-17(25)12-22)21-18(26)13-23/h9-11,17-26H,2-8,12-13H2,1H3. The number of hydrogen-bond donors (Lipinski definition) is 7. The van der Waals surface area contributed by atoms with E-state index >= 15 is 0 Å². The number of aryl methyl sites for hydroxylation is 1. The van der Waals surface area contributed by atoms with Gasteiger partial charge >= 0.3 is 0 Å². The van der Waals surface area contributed by atoms with Crippen molar-refractivity contribution in [1.82, 2.24) is 10.6 Å². The van der Waals surface area contributed by atoms with Crippen LogP contribution in [0.25, 0.3) is 0 Å². The van der Waals surface area contributed by atoms with Crippen molar-refractivity contribution in [3.05, 3.63) is 29.3 Å². The second-order valence-corrected chi connectivity index (χ2v) is 6.56. The molecule has 1 aromatic carbocycles. The molecule has 0 radical (unpaired) electrons. The Labute approximate surface area is 155 Å². The van der Waals surface area contributed by atoms with Crippen molar-refractivity contribution in [3.8, 4) is 5.75 Å². The molecular weight excluding hydrogens is 336 g/mol. The van der Waals surface area contributed by atoms with Crippen molar-refractivity contribution >= 4 is 0 Å². The summed E-state index contributed by atoms with van der Waals surface area (Å²) in [7, 11) is 0. The zero-order chi connectivity index (χ0) is 19.4. The molecule has 1 aromatic rings. The van der Waals surface area contributed by atoms with Gasteiger partial charge in [0.1, 0.15) is 18.2 Å². The number of unbranched alkanes of at least 4 members (excludes halogenated alkanes) is 5. The number of aromatic hydroxyl groups is 1. The monoisotopic (exact) mass is 370 g/mol. The summed E-state index contributed by atoms with van der Waals surface area (Å²) in [4.78, 5) is 0. The van der Waals surface area contributed by atoms with Gasteiger partial charge in [0.15, 0.2) is 0 Å². The highest BCUT2D eigenvalue weighted by molar-refractivity contribution is 5.37. The molecule has 0 aromatic heterocycles. The van der Waals surface area contributed by atoms with E-state index in [4.69, 9.17) is 10.2 Å². The summed E-state index contributed by atoms with van der Waals surface area (Å²) in [5, 5.41) is 53.0. The van der Waals surface area contributed by atoms with Gasteiger partial charge in [0, 0.05) is 0 Å². The number of aliphatic hydroxyl groups is 4. The third-order valence-corrected chi connectivity index (χ3v) is 4.30. The number of nitrogens with one attached hydrogen (secondary N) is 2. The summed E-state index contributed by atoms with van der Waals surface area (Å²) in [6.07, 6.45) is 4.64. The van der Waals surface area contributed by atoms with Crippen molar-refractivity contribution in [2.24, 2.45) is 0 Å². The van der Waals surface area contributed by atoms with E-state index in [0.29, 0.717) is 5.56 Å². The maximum atomic E-state index is 9.86. The predicted octanol–water partition coefficient (Wildman–Crippen LogP) is 1.09. The van der Waals surface area contributed by atoms with Crippen molar-refractivity contribution in [1.29, 1.82) is 0 Å². The molecule has 0 aliphatic heterocycles. The Bertz CT molecular complexity index is 489. The van der Waals surface area contributed by atoms with Crippen molar-refractivity contribution in [3.63, 3.8) is 0 Å². The summed E-state index contributed by atoms with van der Waals surface area (Å²) < 4.78 is 0. The summed E-state index contributed by atoms with van der Waals surface area (Å²) in [6.45, 7) is 1.18. The van der Waals surface area contributed by atoms with E-state index in [0.717, 1.165) is 24.8 Å². The average molecular weight is 370 g/mol. The van der Waals surface area contributed by atoms with Gasteiger partial charge in [0.25, 0.3) is 0 Å². The topological polar surface area (TPSA) is 125 Å². The smallest absolute Gasteiger partial charge is 0.129 e. The van der Waals surface area contributed by atoms with Gasteiger partial charge in [0.05, 0.1) is 19.4 Å². The Kier molecular flexibility index (Phi) is 11.4. The van der Waals surface area contributed by atoms with Crippen molar-refractivity contribution < 1.29 is 25.5 Å². The first-order chi connectivity index (χ1) is 12.5. The van der Waals surface area contributed by atoms with Crippen LogP contribution in [0, 0.1) is 0 Å². The first-order valence-corrected chi connectivity index (χ1v) is 9.43. The molecule has 0 saturated heterocycles. The molecule has 0 spiro atoms. The molecule has 2 unspecified atom stereocenters. The van der Waals surface area contributed by atoms with Crippen LogP contribution in [0.4, 0.5) is 0 Å². The predicted molar refractivity (Wildman–Crippen MR) is 100 cm³/mol. The lowest BCUT2D eigenvalue weighted by Crippen LogP contribution is -2.47. The van der Waals surface area contributed by atoms with E-state index < -0.39 is 31.8 Å². The average Bonchev–Trinajstić information content (AvgIpc) is 2.64. The fourth-order valence-corrected chi connectivity index (χ4v) is 2.89. The van der Waals surface area contributed by atoms with Crippen LogP contribution in [0.1, 0.15) is 62.7 Å². The number of hydrogen-bond acceptors (Lipinski definition) is 7. The lowest BCUT2D eigenvalue weighted by atomic mass is 9.98. The first-order valence-electron chi connectivity index (χ1n) is 9.43. The number of phenols is 1. The van der Waals surface area contributed by atoms with Crippen LogP contribution in [0.5, 0.6) is 5.75 Å². The third-order valence-electron chi connectivity index (χ3n) is 4.30. The molecule has 0 heterocycles. The highest BCUT2D eigenvalue weighted by Crippen LogP contribution is 2.24. The molecule has 26 heavy (non-hydrogen) atoms. The SMILES string of the molecule is CCCCCCCCc1ccc(O)cc1C(NC(O)CO)NC(O)CO. The minimum Gasteiger partial charge on any atom is -0.508 e. The summed E-state index contributed by atoms with van der Waals surface area (Å²) in [5.74, 6) is 0.0669. The molecule has 0 bridgehead atoms. The number of benzene rings is 1. The Morgan fingerprint density at radius 1 is 0.885 bits per heavy atom. The number of aliphatic hydroxyl groups excluding tert-OH is 4. The van der Waals surface area contributed by atoms with Gasteiger partial charge in [-0.2, -0.15) is 0 Å². The lowest BCUT2D eigenvalue weighted by Gasteiger charge is -2.27. The Morgan fingerprint density at radius 2 is 1.46 bits per heavy atom. The summed E-state index contributed by atoms with van der Waals surface area (Å²) in [5.41, 5.74) is 1.64. The number of rotatable bonds is 14. The minimum absolute atomic E-state index is 0.0669. The highest BCUT2D eigenvalue weighted by atomic mass is 16.3. The summed E-state index contributed by atoms with van der Waals surface area (Å²) in [6, 6.07) is 4.99. The maximum Gasteiger partial charge on any atom is 0.129 e. The van der Waals surface area contributed by atoms with E-state index in [1.807, 2.05) is 6.07 Å². The summed E-state index contributed by atoms with van der Waals surface area (Å²) >= 11 is 0. The van der Waals surface area contributed by atoms with Crippen LogP contribution in [-0.4, -0.2) is 51.2 Å². The Hall–Kier alpha value is -1.22. The van der Waals surface area contributed by atoms with E-state index in [2.05, 4.69) is 17.6 Å². The van der Waals surface area contributed by atoms with E-state index in [9.17, 15) is 15.3 Å². The van der Waals surface area contributed by atoms with Crippen LogP contribution < -0.4 is 10.6 Å². The third kappa shape index (κ3) is 8.44. The van der Waals surface area contributed by atoms with E-state index in [1.54, 1.807) is 12.1 Å². The molecule has 0 saturated carbocycles. The zero-order valence-corrected chi connectivity index (χ0v) is 15.6. The highest BCUT2D eigenvalue weighted by Gasteiger charge is 2.20. The van der Waals surface area contributed by atoms with Gasteiger partial charge in [-0.1, -0.05) is 45.1 Å². The van der Waals surface area contributed by atoms with Crippen LogP contribution in [0.2, 0.25) is 0 Å². The number of phenolic OH excluding ortho intramolecular Hbond substituents is 1. The fourth-order valence-electron chi connectivity index (χ4n) is 2.89. The Balaban J connectivity index is 2.84. The van der Waals surface area contributed by atoms with Crippen LogP contribution in [0.15, 0.2) is 18.2 Å². The molecule has 0 aliphatic carbocycles. The molecule has 7 heteroatoms. The van der Waals surface area contributed by atoms with Crippen LogP contribution in [0.3, 0.4) is 0 Å². The molecule has 150 valence electrons. The fraction of sp³-hybridized carbons (Fsp3) is 0.684. The van der Waals surface area contributed by atoms with Crippen LogP contribution >= 0.6 is 0 Å². The minimum atomic E-state index is -1.21. The maximum absolute atomic E-state index is 9.86. The Morgan fingerprint density at radius 3 is 2.04 bits per heavy atom. The van der Waals surface area contributed by atoms with E-state index in [1.165, 1.54) is 25.7 Å². The van der Waals surface area contributed by atoms with Gasteiger partial charge in [-0.25, -0.2) is 0 Å². The largest absolute Gasteiger partial charge is 0.508 e. The van der Waals surface area contributed by atoms with Crippen LogP contribution in [-0.2, 0) is 6.42 Å². The molecule has 7 N–H and O–H groups in total. The van der Waals surface area contributed by atoms with Gasteiger partial charge in [-0.3, -0.25) is 10.6 Å². The second kappa shape index (κ2) is 13.0. The van der Waals surface area contributed by atoms with Gasteiger partial charge in [-0.15, -0.1) is 0 Å². The van der Waals surface area contributed by atoms with Gasteiger partial charge < -0.3 is 25.5 Å². The molecule has 1 rings (SSSR count). The molecule has 0 amide bonds. The lowest BCUT2D eigenvalue weighted by molar-refractivity contribution is 0.0208. The van der Waals surface area contributed by atoms with Crippen molar-refractivity contribution in [2.75, 3.05) is 13.2 Å². The molecule has 2 atom stereocenters. The normalized spacial score (nSPS) is 15.0. The molecular formula is C19H34N2O5. The quantitative estimate of drug-likeness (QED) is 0.193. The van der Waals surface area contributed by atoms with Gasteiger partial charge in [0.2, 0.25) is 0 Å². The molecule has 0 aliphatic rings. The zero-order valence-electron chi connectivity index (χ0n) is 15.6. The second-order valence-electron chi connectivity index (χ2n) is 6.56. The molecule has 7 nitrogen and oxygen atoms in total. The van der Waals surface area contributed by atoms with Gasteiger partial charge in [-0.05, 0) is 36.1 Å².